The molecule has 0 aromatic rings. The summed E-state index contributed by atoms with van der Waals surface area (Å²) >= 11 is 0. The van der Waals surface area contributed by atoms with Crippen LogP contribution in [0.5, 0.6) is 0 Å². The normalized spacial score (nSPS) is 22.9. The molecule has 21 heavy (non-hydrogen) atoms. The van der Waals surface area contributed by atoms with E-state index < -0.39 is 5.54 Å². The number of piperidine rings is 1. The van der Waals surface area contributed by atoms with Gasteiger partial charge in [-0.1, -0.05) is 0 Å². The van der Waals surface area contributed by atoms with Gasteiger partial charge in [0.25, 0.3) is 0 Å². The van der Waals surface area contributed by atoms with Crippen LogP contribution in [0.2, 0.25) is 0 Å². The predicted octanol–water partition coefficient (Wildman–Crippen LogP) is 0.253. The Balaban J connectivity index is 1.77. The minimum atomic E-state index is -0.725. The van der Waals surface area contributed by atoms with Crippen molar-refractivity contribution in [2.45, 2.75) is 38.1 Å². The highest BCUT2D eigenvalue weighted by molar-refractivity contribution is 5.80. The van der Waals surface area contributed by atoms with E-state index in [9.17, 15) is 14.9 Å². The number of carbonyl (C=O) groups excluding carboxylic acids is 2. The van der Waals surface area contributed by atoms with E-state index in [-0.39, 0.29) is 17.7 Å². The Bertz CT molecular complexity index is 447. The van der Waals surface area contributed by atoms with Gasteiger partial charge in [-0.15, -0.1) is 0 Å². The number of nitrogens with zero attached hydrogens (tertiary/aromatic N) is 2. The van der Waals surface area contributed by atoms with Crippen LogP contribution in [0.25, 0.3) is 0 Å². The number of hydrogen-bond donors (Lipinski definition) is 2. The molecule has 0 aromatic heterocycles. The number of nitrogens with one attached hydrogen (secondary N) is 2. The lowest BCUT2D eigenvalue weighted by atomic mass is 9.95. The second-order valence-corrected chi connectivity index (χ2v) is 6.30. The average Bonchev–Trinajstić information content (AvgIpc) is 3.32. The van der Waals surface area contributed by atoms with Gasteiger partial charge in [0.1, 0.15) is 5.54 Å². The van der Waals surface area contributed by atoms with E-state index >= 15 is 0 Å². The van der Waals surface area contributed by atoms with E-state index in [1.54, 1.807) is 14.0 Å². The maximum Gasteiger partial charge on any atom is 0.235 e. The van der Waals surface area contributed by atoms with Crippen LogP contribution in [0, 0.1) is 23.2 Å². The molecule has 1 saturated heterocycles. The third kappa shape index (κ3) is 3.94. The zero-order valence-electron chi connectivity index (χ0n) is 12.8. The van der Waals surface area contributed by atoms with Gasteiger partial charge < -0.3 is 10.6 Å². The summed E-state index contributed by atoms with van der Waals surface area (Å²) in [5.74, 6) is 0.352. The lowest BCUT2D eigenvalue weighted by molar-refractivity contribution is -0.126. The summed E-state index contributed by atoms with van der Waals surface area (Å²) in [6.45, 7) is 3.61. The maximum atomic E-state index is 12.1. The van der Waals surface area contributed by atoms with Gasteiger partial charge in [0.2, 0.25) is 11.8 Å². The lowest BCUT2D eigenvalue weighted by Gasteiger charge is -2.31. The Morgan fingerprint density at radius 2 is 1.90 bits per heavy atom. The Morgan fingerprint density at radius 3 is 2.38 bits per heavy atom. The number of likely N-dealkylation sites (tertiary alicyclic amines) is 1. The van der Waals surface area contributed by atoms with Crippen LogP contribution in [-0.4, -0.2) is 48.9 Å². The van der Waals surface area contributed by atoms with Crippen molar-refractivity contribution in [1.29, 1.82) is 5.26 Å². The largest absolute Gasteiger partial charge is 0.359 e. The van der Waals surface area contributed by atoms with Crippen LogP contribution in [0.15, 0.2) is 0 Å². The molecule has 1 aliphatic carbocycles. The molecule has 0 radical (unpaired) electrons. The molecule has 1 aliphatic heterocycles. The summed E-state index contributed by atoms with van der Waals surface area (Å²) in [5, 5.41) is 14.8. The molecule has 116 valence electrons. The standard InChI is InChI=1S/C15H24N4O2/c1-15(10-16,12-3-4-12)18-13(20)9-19-7-5-11(6-8-19)14(21)17-2/h11-12H,3-9H2,1-2H3,(H,17,21)(H,18,20). The highest BCUT2D eigenvalue weighted by Gasteiger charge is 2.43. The van der Waals surface area contributed by atoms with Gasteiger partial charge in [-0.05, 0) is 51.6 Å². The fourth-order valence-corrected chi connectivity index (χ4v) is 2.97. The first kappa shape index (κ1) is 15.8. The molecule has 1 unspecified atom stereocenters. The smallest absolute Gasteiger partial charge is 0.235 e. The summed E-state index contributed by atoms with van der Waals surface area (Å²) in [4.78, 5) is 25.7. The van der Waals surface area contributed by atoms with Crippen LogP contribution in [0.3, 0.4) is 0 Å². The molecule has 1 atom stereocenters. The first-order valence-corrected chi connectivity index (χ1v) is 7.64. The second kappa shape index (κ2) is 6.44. The molecule has 0 aromatic carbocycles. The minimum absolute atomic E-state index is 0.0603. The fraction of sp³-hybridized carbons (Fsp3) is 0.800. The van der Waals surface area contributed by atoms with E-state index in [0.29, 0.717) is 12.5 Å². The molecule has 2 aliphatic rings. The zero-order valence-corrected chi connectivity index (χ0v) is 12.8. The van der Waals surface area contributed by atoms with Crippen molar-refractivity contribution in [3.63, 3.8) is 0 Å². The number of nitriles is 1. The van der Waals surface area contributed by atoms with Crippen LogP contribution in [-0.2, 0) is 9.59 Å². The van der Waals surface area contributed by atoms with Gasteiger partial charge in [0, 0.05) is 13.0 Å². The quantitative estimate of drug-likeness (QED) is 0.761. The summed E-state index contributed by atoms with van der Waals surface area (Å²) in [7, 11) is 1.66. The molecular formula is C15H24N4O2. The predicted molar refractivity (Wildman–Crippen MR) is 78.1 cm³/mol. The molecule has 1 saturated carbocycles. The molecule has 2 N–H and O–H groups in total. The van der Waals surface area contributed by atoms with Gasteiger partial charge in [-0.2, -0.15) is 5.26 Å². The maximum absolute atomic E-state index is 12.1. The van der Waals surface area contributed by atoms with E-state index in [0.717, 1.165) is 38.8 Å². The third-order valence-corrected chi connectivity index (χ3v) is 4.60. The van der Waals surface area contributed by atoms with Gasteiger partial charge in [-0.25, -0.2) is 0 Å². The Labute approximate surface area is 125 Å². The van der Waals surface area contributed by atoms with E-state index in [1.165, 1.54) is 0 Å². The number of amides is 2. The molecule has 2 amide bonds. The zero-order chi connectivity index (χ0) is 15.5. The van der Waals surface area contributed by atoms with Crippen LogP contribution < -0.4 is 10.6 Å². The molecule has 0 bridgehead atoms. The van der Waals surface area contributed by atoms with Crippen molar-refractivity contribution in [2.75, 3.05) is 26.7 Å². The Hall–Kier alpha value is -1.61. The monoisotopic (exact) mass is 292 g/mol. The number of carbonyl (C=O) groups is 2. The number of rotatable bonds is 5. The van der Waals surface area contributed by atoms with Gasteiger partial charge in [-0.3, -0.25) is 14.5 Å². The van der Waals surface area contributed by atoms with Crippen LogP contribution in [0.4, 0.5) is 0 Å². The SMILES string of the molecule is CNC(=O)C1CCN(CC(=O)NC(C)(C#N)C2CC2)CC1. The fourth-order valence-electron chi connectivity index (χ4n) is 2.97. The number of hydrogen-bond acceptors (Lipinski definition) is 4. The van der Waals surface area contributed by atoms with Crippen LogP contribution >= 0.6 is 0 Å². The summed E-state index contributed by atoms with van der Waals surface area (Å²) < 4.78 is 0. The van der Waals surface area contributed by atoms with Crippen molar-refractivity contribution in [2.24, 2.45) is 11.8 Å². The minimum Gasteiger partial charge on any atom is -0.359 e. The summed E-state index contributed by atoms with van der Waals surface area (Å²) in [6, 6.07) is 2.23. The van der Waals surface area contributed by atoms with Crippen molar-refractivity contribution < 1.29 is 9.59 Å². The van der Waals surface area contributed by atoms with Gasteiger partial charge >= 0.3 is 0 Å². The molecule has 6 heteroatoms. The van der Waals surface area contributed by atoms with E-state index in [2.05, 4.69) is 21.6 Å². The van der Waals surface area contributed by atoms with Crippen molar-refractivity contribution in [3.05, 3.63) is 0 Å². The van der Waals surface area contributed by atoms with Crippen molar-refractivity contribution in [3.8, 4) is 6.07 Å². The average molecular weight is 292 g/mol. The first-order chi connectivity index (χ1) is 9.98. The molecule has 2 rings (SSSR count). The summed E-state index contributed by atoms with van der Waals surface area (Å²) in [5.41, 5.74) is -0.725. The van der Waals surface area contributed by atoms with Gasteiger partial charge in [0.05, 0.1) is 12.6 Å². The molecular weight excluding hydrogens is 268 g/mol. The first-order valence-electron chi connectivity index (χ1n) is 7.64. The van der Waals surface area contributed by atoms with Gasteiger partial charge in [0.15, 0.2) is 0 Å². The molecule has 2 fully saturated rings. The molecule has 1 heterocycles. The van der Waals surface area contributed by atoms with Crippen molar-refractivity contribution in [1.82, 2.24) is 15.5 Å². The third-order valence-electron chi connectivity index (χ3n) is 4.60. The molecule has 6 nitrogen and oxygen atoms in total. The molecule has 0 spiro atoms. The van der Waals surface area contributed by atoms with E-state index in [4.69, 9.17) is 0 Å². The Morgan fingerprint density at radius 1 is 1.29 bits per heavy atom. The second-order valence-electron chi connectivity index (χ2n) is 6.30. The van der Waals surface area contributed by atoms with E-state index in [1.807, 2.05) is 0 Å². The highest BCUT2D eigenvalue weighted by Crippen LogP contribution is 2.39. The Kier molecular flexibility index (Phi) is 4.84. The topological polar surface area (TPSA) is 85.2 Å². The summed E-state index contributed by atoms with van der Waals surface area (Å²) in [6.07, 6.45) is 3.60. The lowest BCUT2D eigenvalue weighted by Crippen LogP contribution is -2.51. The highest BCUT2D eigenvalue weighted by atomic mass is 16.2. The van der Waals surface area contributed by atoms with Crippen LogP contribution in [0.1, 0.15) is 32.6 Å². The van der Waals surface area contributed by atoms with Crippen molar-refractivity contribution >= 4 is 11.8 Å².